The van der Waals surface area contributed by atoms with Crippen molar-refractivity contribution in [2.45, 2.75) is 5.41 Å². The summed E-state index contributed by atoms with van der Waals surface area (Å²) in [6.07, 6.45) is 0. The summed E-state index contributed by atoms with van der Waals surface area (Å²) in [6.45, 7) is 0. The monoisotopic (exact) mass is 982 g/mol. The first kappa shape index (κ1) is 43.3. The zero-order chi connectivity index (χ0) is 50.6. The number of para-hydroxylation sites is 4. The lowest BCUT2D eigenvalue weighted by atomic mass is 9.67. The Kier molecular flexibility index (Phi) is 9.52. The summed E-state index contributed by atoms with van der Waals surface area (Å²) in [7, 11) is 0. The van der Waals surface area contributed by atoms with Gasteiger partial charge in [-0.1, -0.05) is 212 Å². The number of hydrogen-bond donors (Lipinski definition) is 0. The zero-order valence-electron chi connectivity index (χ0n) is 41.8. The van der Waals surface area contributed by atoms with Gasteiger partial charge in [-0.25, -0.2) is 0 Å². The SMILES string of the molecule is c1ccc(N(c2ccc3c(c2)C(c2ccccc2)(c2ccccc2)c2cc(N(c4ccccc4)c4c5ccccc5cc5c4oc4ccccc45)c4ccccc4c2-3)c2c3ccccc3cc3c2oc2ccccc23)cc1. The topological polar surface area (TPSA) is 32.8 Å². The Balaban J connectivity index is 1.04. The molecule has 1 aliphatic carbocycles. The highest BCUT2D eigenvalue weighted by Gasteiger charge is 2.48. The average Bonchev–Trinajstić information content (AvgIpc) is 4.23. The summed E-state index contributed by atoms with van der Waals surface area (Å²) in [5, 5.41) is 11.1. The third-order valence-corrected chi connectivity index (χ3v) is 16.2. The first-order chi connectivity index (χ1) is 38.2. The molecule has 77 heavy (non-hydrogen) atoms. The maximum absolute atomic E-state index is 7.08. The average molecular weight is 983 g/mol. The highest BCUT2D eigenvalue weighted by atomic mass is 16.3. The lowest BCUT2D eigenvalue weighted by Crippen LogP contribution is -2.29. The van der Waals surface area contributed by atoms with Crippen molar-refractivity contribution >= 4 is 110 Å². The van der Waals surface area contributed by atoms with Crippen molar-refractivity contribution in [3.63, 3.8) is 0 Å². The fourth-order valence-electron chi connectivity index (χ4n) is 13.0. The van der Waals surface area contributed by atoms with Gasteiger partial charge < -0.3 is 18.6 Å². The van der Waals surface area contributed by atoms with Gasteiger partial charge in [-0.3, -0.25) is 0 Å². The molecule has 0 radical (unpaired) electrons. The molecule has 0 saturated heterocycles. The van der Waals surface area contributed by atoms with Crippen LogP contribution in [0.2, 0.25) is 0 Å². The normalized spacial score (nSPS) is 12.8. The van der Waals surface area contributed by atoms with Gasteiger partial charge in [0.05, 0.1) is 22.5 Å². The number of furan rings is 2. The van der Waals surface area contributed by atoms with Crippen LogP contribution in [0.3, 0.4) is 0 Å². The molecule has 0 amide bonds. The molecule has 0 unspecified atom stereocenters. The van der Waals surface area contributed by atoms with Gasteiger partial charge in [-0.05, 0) is 116 Å². The molecule has 0 fully saturated rings. The van der Waals surface area contributed by atoms with Crippen LogP contribution in [0.15, 0.2) is 288 Å². The van der Waals surface area contributed by atoms with E-state index in [1.54, 1.807) is 0 Å². The van der Waals surface area contributed by atoms with Gasteiger partial charge in [0.15, 0.2) is 11.2 Å². The maximum atomic E-state index is 7.08. The molecule has 13 aromatic carbocycles. The fraction of sp³-hybridized carbons (Fsp3) is 0.0137. The van der Waals surface area contributed by atoms with E-state index >= 15 is 0 Å². The number of rotatable bonds is 8. The third kappa shape index (κ3) is 6.33. The lowest BCUT2D eigenvalue weighted by Gasteiger charge is -2.36. The highest BCUT2D eigenvalue weighted by molar-refractivity contribution is 6.22. The Morgan fingerprint density at radius 2 is 0.714 bits per heavy atom. The lowest BCUT2D eigenvalue weighted by molar-refractivity contribution is 0.669. The van der Waals surface area contributed by atoms with E-state index in [1.165, 1.54) is 38.8 Å². The van der Waals surface area contributed by atoms with Gasteiger partial charge >= 0.3 is 0 Å². The Bertz CT molecular complexity index is 4770. The minimum absolute atomic E-state index is 0.798. The van der Waals surface area contributed by atoms with Crippen molar-refractivity contribution in [2.24, 2.45) is 0 Å². The van der Waals surface area contributed by atoms with Crippen molar-refractivity contribution in [2.75, 3.05) is 9.80 Å². The van der Waals surface area contributed by atoms with Crippen LogP contribution in [0.5, 0.6) is 0 Å². The third-order valence-electron chi connectivity index (χ3n) is 16.2. The van der Waals surface area contributed by atoms with E-state index in [0.29, 0.717) is 0 Å². The van der Waals surface area contributed by atoms with Crippen LogP contribution in [0.25, 0.3) is 87.3 Å². The molecule has 4 heteroatoms. The first-order valence-electron chi connectivity index (χ1n) is 26.4. The van der Waals surface area contributed by atoms with Crippen molar-refractivity contribution in [3.8, 4) is 11.1 Å². The van der Waals surface area contributed by atoms with E-state index in [-0.39, 0.29) is 0 Å². The quantitative estimate of drug-likeness (QED) is 0.152. The van der Waals surface area contributed by atoms with Crippen molar-refractivity contribution in [3.05, 3.63) is 301 Å². The molecule has 16 rings (SSSR count). The second kappa shape index (κ2) is 16.9. The number of fused-ring (bicyclic) bond motifs is 13. The molecule has 0 bridgehead atoms. The first-order valence-corrected chi connectivity index (χ1v) is 26.4. The summed E-state index contributed by atoms with van der Waals surface area (Å²) in [6, 6.07) is 102. The molecule has 2 aromatic heterocycles. The van der Waals surface area contributed by atoms with Crippen LogP contribution in [0.4, 0.5) is 34.1 Å². The Morgan fingerprint density at radius 1 is 0.286 bits per heavy atom. The Morgan fingerprint density at radius 3 is 1.26 bits per heavy atom. The van der Waals surface area contributed by atoms with Crippen LogP contribution in [0.1, 0.15) is 22.3 Å². The van der Waals surface area contributed by atoms with Gasteiger partial charge in [0.1, 0.15) is 11.2 Å². The van der Waals surface area contributed by atoms with E-state index in [4.69, 9.17) is 8.83 Å². The molecular formula is C73H46N2O2. The second-order valence-electron chi connectivity index (χ2n) is 20.3. The fourth-order valence-corrected chi connectivity index (χ4v) is 13.0. The van der Waals surface area contributed by atoms with Gasteiger partial charge in [-0.2, -0.15) is 0 Å². The van der Waals surface area contributed by atoms with Crippen LogP contribution >= 0.6 is 0 Å². The molecule has 0 aliphatic heterocycles. The Hall–Kier alpha value is -10.2. The molecule has 4 nitrogen and oxygen atoms in total. The van der Waals surface area contributed by atoms with Gasteiger partial charge in [-0.15, -0.1) is 0 Å². The largest absolute Gasteiger partial charge is 0.454 e. The van der Waals surface area contributed by atoms with Crippen molar-refractivity contribution in [1.82, 2.24) is 0 Å². The van der Waals surface area contributed by atoms with Gasteiger partial charge in [0, 0.05) is 54.8 Å². The summed E-state index contributed by atoms with van der Waals surface area (Å²) in [5.41, 5.74) is 15.9. The van der Waals surface area contributed by atoms with Crippen molar-refractivity contribution < 1.29 is 8.83 Å². The van der Waals surface area contributed by atoms with Crippen LogP contribution in [-0.4, -0.2) is 0 Å². The predicted octanol–water partition coefficient (Wildman–Crippen LogP) is 20.2. The Labute approximate surface area is 444 Å². The molecule has 1 aliphatic rings. The van der Waals surface area contributed by atoms with E-state index in [2.05, 4.69) is 289 Å². The summed E-state index contributed by atoms with van der Waals surface area (Å²) in [5.74, 6) is 0. The van der Waals surface area contributed by atoms with Crippen LogP contribution in [-0.2, 0) is 5.41 Å². The van der Waals surface area contributed by atoms with E-state index < -0.39 is 5.41 Å². The van der Waals surface area contributed by atoms with Crippen molar-refractivity contribution in [1.29, 1.82) is 0 Å². The standard InChI is InChI=1S/C73H46N2O2/c1-5-25-49(26-6-1)73(50-27-7-2-8-28-50)63-45-53(74(51-29-9-3-10-30-51)69-54-33-15-13-23-47(54)43-61-57-36-19-21-39-66(57)76-71(61)69)41-42-60(63)68-59-38-18-17-35-56(59)65(46-64(68)73)75(52-31-11-4-12-32-52)70-55-34-16-14-24-48(55)44-62-58-37-20-22-40-67(58)77-72(62)70/h1-46H. The molecule has 0 N–H and O–H groups in total. The molecule has 0 atom stereocenters. The number of hydrogen-bond acceptors (Lipinski definition) is 4. The molecule has 360 valence electrons. The number of nitrogens with zero attached hydrogens (tertiary/aromatic N) is 2. The summed E-state index contributed by atoms with van der Waals surface area (Å²) in [4.78, 5) is 4.90. The molecule has 2 heterocycles. The highest BCUT2D eigenvalue weighted by Crippen LogP contribution is 2.62. The van der Waals surface area contributed by atoms with E-state index in [9.17, 15) is 0 Å². The molecule has 0 spiro atoms. The van der Waals surface area contributed by atoms with Crippen LogP contribution in [0, 0.1) is 0 Å². The summed E-state index contributed by atoms with van der Waals surface area (Å²) < 4.78 is 14.1. The summed E-state index contributed by atoms with van der Waals surface area (Å²) >= 11 is 0. The number of anilines is 6. The smallest absolute Gasteiger partial charge is 0.160 e. The van der Waals surface area contributed by atoms with E-state index in [1.807, 2.05) is 0 Å². The second-order valence-corrected chi connectivity index (χ2v) is 20.3. The molecule has 0 saturated carbocycles. The number of benzene rings is 13. The maximum Gasteiger partial charge on any atom is 0.160 e. The van der Waals surface area contributed by atoms with Gasteiger partial charge in [0.25, 0.3) is 0 Å². The van der Waals surface area contributed by atoms with Gasteiger partial charge in [0.2, 0.25) is 0 Å². The zero-order valence-corrected chi connectivity index (χ0v) is 41.8. The minimum Gasteiger partial charge on any atom is -0.454 e. The molecular weight excluding hydrogens is 937 g/mol. The molecule has 15 aromatic rings. The minimum atomic E-state index is -0.798. The van der Waals surface area contributed by atoms with E-state index in [0.717, 1.165) is 105 Å². The van der Waals surface area contributed by atoms with Crippen LogP contribution < -0.4 is 9.80 Å². The predicted molar refractivity (Wildman–Crippen MR) is 320 cm³/mol.